The number of amides is 1. The van der Waals surface area contributed by atoms with E-state index in [1.807, 2.05) is 30.9 Å². The topological polar surface area (TPSA) is 42.4 Å². The molecule has 0 spiro atoms. The molecule has 0 N–H and O–H groups in total. The number of hydrogen-bond donors (Lipinski definition) is 0. The van der Waals surface area contributed by atoms with E-state index in [1.165, 1.54) is 16.9 Å². The van der Waals surface area contributed by atoms with Crippen molar-refractivity contribution in [3.05, 3.63) is 45.4 Å². The number of carbonyl (C=O) groups excluding carboxylic acids is 1. The molecule has 1 amide bonds. The average molecular weight is 344 g/mol. The van der Waals surface area contributed by atoms with Crippen LogP contribution in [0.4, 0.5) is 0 Å². The summed E-state index contributed by atoms with van der Waals surface area (Å²) in [4.78, 5) is 19.9. The van der Waals surface area contributed by atoms with Gasteiger partial charge in [-0.25, -0.2) is 4.98 Å². The van der Waals surface area contributed by atoms with Gasteiger partial charge in [-0.3, -0.25) is 4.79 Å². The zero-order chi connectivity index (χ0) is 17.1. The second-order valence-corrected chi connectivity index (χ2v) is 7.73. The quantitative estimate of drug-likeness (QED) is 0.842. The maximum absolute atomic E-state index is 12.7. The van der Waals surface area contributed by atoms with E-state index in [0.29, 0.717) is 12.5 Å². The number of piperidine rings is 1. The molecule has 0 unspecified atom stereocenters. The number of nitrogens with zero attached hydrogens (tertiary/aromatic N) is 2. The van der Waals surface area contributed by atoms with Crippen molar-refractivity contribution in [3.63, 3.8) is 0 Å². The highest BCUT2D eigenvalue weighted by molar-refractivity contribution is 7.13. The molecule has 0 bridgehead atoms. The van der Waals surface area contributed by atoms with Gasteiger partial charge in [0.1, 0.15) is 10.6 Å². The van der Waals surface area contributed by atoms with E-state index in [4.69, 9.17) is 4.74 Å². The van der Waals surface area contributed by atoms with E-state index in [-0.39, 0.29) is 5.91 Å². The monoisotopic (exact) mass is 344 g/mol. The molecule has 1 saturated heterocycles. The van der Waals surface area contributed by atoms with Crippen molar-refractivity contribution in [1.82, 2.24) is 9.88 Å². The van der Waals surface area contributed by atoms with E-state index in [1.54, 1.807) is 0 Å². The minimum Gasteiger partial charge on any atom is -0.493 e. The highest BCUT2D eigenvalue weighted by Gasteiger charge is 2.27. The van der Waals surface area contributed by atoms with Crippen LogP contribution in [0.3, 0.4) is 0 Å². The van der Waals surface area contributed by atoms with Gasteiger partial charge in [0.15, 0.2) is 0 Å². The third kappa shape index (κ3) is 3.96. The number of likely N-dealkylation sites (tertiary alicyclic amines) is 1. The summed E-state index contributed by atoms with van der Waals surface area (Å²) in [6, 6.07) is 8.12. The zero-order valence-corrected chi connectivity index (χ0v) is 15.4. The van der Waals surface area contributed by atoms with E-state index < -0.39 is 0 Å². The van der Waals surface area contributed by atoms with E-state index in [9.17, 15) is 4.79 Å². The number of carbonyl (C=O) groups is 1. The summed E-state index contributed by atoms with van der Waals surface area (Å²) in [5.41, 5.74) is 2.08. The molecule has 1 aliphatic rings. The maximum atomic E-state index is 12.7. The van der Waals surface area contributed by atoms with Crippen LogP contribution in [0.5, 0.6) is 5.75 Å². The molecule has 1 atom stereocenters. The normalized spacial score (nSPS) is 17.8. The predicted octanol–water partition coefficient (Wildman–Crippen LogP) is 4.00. The Labute approximate surface area is 147 Å². The van der Waals surface area contributed by atoms with Gasteiger partial charge >= 0.3 is 0 Å². The molecular formula is C19H24N2O2S. The molecule has 0 saturated carbocycles. The first-order valence-corrected chi connectivity index (χ1v) is 9.27. The van der Waals surface area contributed by atoms with Crippen LogP contribution in [-0.2, 0) is 0 Å². The molecule has 4 nitrogen and oxygen atoms in total. The van der Waals surface area contributed by atoms with Crippen LogP contribution in [-0.4, -0.2) is 35.5 Å². The summed E-state index contributed by atoms with van der Waals surface area (Å²) in [7, 11) is 0. The van der Waals surface area contributed by atoms with Crippen LogP contribution in [0, 0.1) is 26.7 Å². The predicted molar refractivity (Wildman–Crippen MR) is 96.9 cm³/mol. The van der Waals surface area contributed by atoms with Crippen molar-refractivity contribution in [2.24, 2.45) is 5.92 Å². The first-order valence-electron chi connectivity index (χ1n) is 8.45. The van der Waals surface area contributed by atoms with Gasteiger partial charge in [0.2, 0.25) is 0 Å². The fourth-order valence-electron chi connectivity index (χ4n) is 3.11. The third-order valence-corrected chi connectivity index (χ3v) is 5.47. The van der Waals surface area contributed by atoms with Gasteiger partial charge in [-0.2, -0.15) is 0 Å². The summed E-state index contributed by atoms with van der Waals surface area (Å²) in [6.45, 7) is 8.18. The lowest BCUT2D eigenvalue weighted by Crippen LogP contribution is -2.41. The van der Waals surface area contributed by atoms with Crippen LogP contribution in [0.1, 0.15) is 38.8 Å². The lowest BCUT2D eigenvalue weighted by Gasteiger charge is -2.32. The van der Waals surface area contributed by atoms with Gasteiger partial charge in [0.05, 0.1) is 17.3 Å². The van der Waals surface area contributed by atoms with Crippen molar-refractivity contribution in [3.8, 4) is 5.75 Å². The molecule has 2 heterocycles. The average Bonchev–Trinajstić information content (AvgIpc) is 2.92. The number of rotatable bonds is 4. The van der Waals surface area contributed by atoms with E-state index >= 15 is 0 Å². The van der Waals surface area contributed by atoms with Gasteiger partial charge in [0, 0.05) is 19.0 Å². The summed E-state index contributed by atoms with van der Waals surface area (Å²) < 4.78 is 5.91. The van der Waals surface area contributed by atoms with E-state index in [0.717, 1.165) is 47.3 Å². The highest BCUT2D eigenvalue weighted by atomic mass is 32.1. The molecule has 0 radical (unpaired) electrons. The number of hydrogen-bond acceptors (Lipinski definition) is 4. The molecule has 2 aromatic rings. The largest absolute Gasteiger partial charge is 0.493 e. The van der Waals surface area contributed by atoms with Crippen molar-refractivity contribution >= 4 is 17.2 Å². The smallest absolute Gasteiger partial charge is 0.265 e. The number of thiazole rings is 1. The lowest BCUT2D eigenvalue weighted by molar-refractivity contribution is 0.0637. The molecule has 1 fully saturated rings. The molecule has 1 aliphatic heterocycles. The minimum absolute atomic E-state index is 0.123. The van der Waals surface area contributed by atoms with Crippen LogP contribution in [0.15, 0.2) is 24.3 Å². The van der Waals surface area contributed by atoms with Gasteiger partial charge < -0.3 is 9.64 Å². The Balaban J connectivity index is 1.58. The molecule has 5 heteroatoms. The number of benzene rings is 1. The van der Waals surface area contributed by atoms with Crippen LogP contribution in [0.2, 0.25) is 0 Å². The zero-order valence-electron chi connectivity index (χ0n) is 14.5. The van der Waals surface area contributed by atoms with Crippen molar-refractivity contribution in [2.45, 2.75) is 33.6 Å². The molecule has 1 aromatic heterocycles. The SMILES string of the molecule is Cc1ccc(OC[C@H]2CCCN(C(=O)c3sc(C)nc3C)C2)cc1. The van der Waals surface area contributed by atoms with Crippen LogP contribution < -0.4 is 4.74 Å². The van der Waals surface area contributed by atoms with Crippen molar-refractivity contribution in [1.29, 1.82) is 0 Å². The van der Waals surface area contributed by atoms with Crippen molar-refractivity contribution in [2.75, 3.05) is 19.7 Å². The first-order chi connectivity index (χ1) is 11.5. The molecule has 128 valence electrons. The molecule has 24 heavy (non-hydrogen) atoms. The fraction of sp³-hybridized carbons (Fsp3) is 0.474. The Morgan fingerprint density at radius 2 is 2.04 bits per heavy atom. The fourth-order valence-corrected chi connectivity index (χ4v) is 4.00. The van der Waals surface area contributed by atoms with Gasteiger partial charge in [-0.1, -0.05) is 17.7 Å². The summed E-state index contributed by atoms with van der Waals surface area (Å²) in [5.74, 6) is 1.41. The Hall–Kier alpha value is -1.88. The molecule has 1 aromatic carbocycles. The van der Waals surface area contributed by atoms with Crippen LogP contribution in [0.25, 0.3) is 0 Å². The number of ether oxygens (including phenoxy) is 1. The van der Waals surface area contributed by atoms with Gasteiger partial charge in [-0.15, -0.1) is 11.3 Å². The molecule has 0 aliphatic carbocycles. The first kappa shape index (κ1) is 17.0. The highest BCUT2D eigenvalue weighted by Crippen LogP contribution is 2.24. The van der Waals surface area contributed by atoms with E-state index in [2.05, 4.69) is 24.0 Å². The second-order valence-electron chi connectivity index (χ2n) is 6.53. The summed E-state index contributed by atoms with van der Waals surface area (Å²) in [6.07, 6.45) is 2.14. The van der Waals surface area contributed by atoms with Gasteiger partial charge in [-0.05, 0) is 45.7 Å². The number of aromatic nitrogens is 1. The Kier molecular flexibility index (Phi) is 5.19. The molecular weight excluding hydrogens is 320 g/mol. The Bertz CT molecular complexity index is 709. The van der Waals surface area contributed by atoms with Crippen molar-refractivity contribution < 1.29 is 9.53 Å². The second kappa shape index (κ2) is 7.34. The molecule has 3 rings (SSSR count). The summed E-state index contributed by atoms with van der Waals surface area (Å²) in [5, 5.41) is 0.951. The third-order valence-electron chi connectivity index (χ3n) is 4.41. The van der Waals surface area contributed by atoms with Crippen LogP contribution >= 0.6 is 11.3 Å². The Morgan fingerprint density at radius 1 is 1.29 bits per heavy atom. The Morgan fingerprint density at radius 3 is 2.71 bits per heavy atom. The summed E-state index contributed by atoms with van der Waals surface area (Å²) >= 11 is 1.50. The maximum Gasteiger partial charge on any atom is 0.265 e. The minimum atomic E-state index is 0.123. The standard InChI is InChI=1S/C19H24N2O2S/c1-13-6-8-17(9-7-13)23-12-16-5-4-10-21(11-16)19(22)18-14(2)20-15(3)24-18/h6-9,16H,4-5,10-12H2,1-3H3/t16-/m0/s1. The lowest BCUT2D eigenvalue weighted by atomic mass is 9.98. The van der Waals surface area contributed by atoms with Gasteiger partial charge in [0.25, 0.3) is 5.91 Å². The number of aryl methyl sites for hydroxylation is 3.